The molecule has 90 valence electrons. The van der Waals surface area contributed by atoms with Gasteiger partial charge < -0.3 is 10.6 Å². The van der Waals surface area contributed by atoms with E-state index in [0.29, 0.717) is 24.3 Å². The van der Waals surface area contributed by atoms with Gasteiger partial charge in [-0.1, -0.05) is 24.3 Å². The number of amides is 1. The molecule has 0 bridgehead atoms. The van der Waals surface area contributed by atoms with E-state index in [0.717, 1.165) is 0 Å². The minimum atomic E-state index is -0.0360. The molecule has 1 aromatic carbocycles. The molecule has 0 atom stereocenters. The van der Waals surface area contributed by atoms with Crippen molar-refractivity contribution in [3.63, 3.8) is 0 Å². The summed E-state index contributed by atoms with van der Waals surface area (Å²) in [6.07, 6.45) is 3.10. The van der Waals surface area contributed by atoms with Gasteiger partial charge >= 0.3 is 0 Å². The zero-order valence-corrected chi connectivity index (χ0v) is 9.84. The topological polar surface area (TPSA) is 59.2 Å². The van der Waals surface area contributed by atoms with Crippen molar-refractivity contribution in [1.82, 2.24) is 9.88 Å². The van der Waals surface area contributed by atoms with Gasteiger partial charge in [-0.25, -0.2) is 0 Å². The van der Waals surface area contributed by atoms with Crippen LogP contribution in [-0.4, -0.2) is 15.8 Å². The normalized spacial score (nSPS) is 13.4. The molecular formula is C14H13N3O. The van der Waals surface area contributed by atoms with Crippen LogP contribution >= 0.6 is 0 Å². The second kappa shape index (κ2) is 4.14. The van der Waals surface area contributed by atoms with Crippen molar-refractivity contribution < 1.29 is 4.79 Å². The average Bonchev–Trinajstić information content (AvgIpc) is 2.82. The van der Waals surface area contributed by atoms with Crippen LogP contribution in [0, 0.1) is 0 Å². The molecule has 0 aliphatic carbocycles. The van der Waals surface area contributed by atoms with Crippen LogP contribution in [0.15, 0.2) is 42.7 Å². The minimum absolute atomic E-state index is 0.0360. The lowest BCUT2D eigenvalue weighted by Crippen LogP contribution is -2.26. The maximum absolute atomic E-state index is 12.4. The third kappa shape index (κ3) is 1.72. The number of fused-ring (bicyclic) bond motifs is 1. The molecule has 4 nitrogen and oxygen atoms in total. The van der Waals surface area contributed by atoms with E-state index < -0.39 is 0 Å². The fraction of sp³-hybridized carbons (Fsp3) is 0.143. The van der Waals surface area contributed by atoms with Gasteiger partial charge in [0.25, 0.3) is 5.91 Å². The zero-order chi connectivity index (χ0) is 12.5. The Hall–Kier alpha value is -2.36. The lowest BCUT2D eigenvalue weighted by Gasteiger charge is -2.16. The average molecular weight is 239 g/mol. The highest BCUT2D eigenvalue weighted by Crippen LogP contribution is 2.24. The van der Waals surface area contributed by atoms with Crippen LogP contribution in [0.25, 0.3) is 0 Å². The highest BCUT2D eigenvalue weighted by molar-refractivity contribution is 5.99. The Morgan fingerprint density at radius 3 is 2.44 bits per heavy atom. The first-order valence-corrected chi connectivity index (χ1v) is 5.81. The van der Waals surface area contributed by atoms with Crippen molar-refractivity contribution in [2.45, 2.75) is 13.1 Å². The number of rotatable bonds is 1. The molecule has 4 heteroatoms. The van der Waals surface area contributed by atoms with Crippen LogP contribution in [0.3, 0.4) is 0 Å². The number of nitrogens with zero attached hydrogens (tertiary/aromatic N) is 2. The summed E-state index contributed by atoms with van der Waals surface area (Å²) in [6, 6.07) is 9.76. The van der Waals surface area contributed by atoms with Gasteiger partial charge in [-0.05, 0) is 17.2 Å². The van der Waals surface area contributed by atoms with Crippen molar-refractivity contribution in [2.75, 3.05) is 5.73 Å². The number of hydrogen-bond acceptors (Lipinski definition) is 3. The van der Waals surface area contributed by atoms with E-state index in [9.17, 15) is 4.79 Å². The first kappa shape index (κ1) is 10.8. The summed E-state index contributed by atoms with van der Waals surface area (Å²) in [6.45, 7) is 1.30. The summed E-state index contributed by atoms with van der Waals surface area (Å²) < 4.78 is 0. The molecule has 0 unspecified atom stereocenters. The standard InChI is InChI=1S/C14H13N3O/c15-13-7-16-6-5-12(13)14(18)17-8-10-3-1-2-4-11(10)9-17/h1-7H,8-9,15H2. The van der Waals surface area contributed by atoms with Crippen LogP contribution in [-0.2, 0) is 13.1 Å². The number of carbonyl (C=O) groups excluding carboxylic acids is 1. The lowest BCUT2D eigenvalue weighted by atomic mass is 10.1. The SMILES string of the molecule is Nc1cnccc1C(=O)N1Cc2ccccc2C1. The van der Waals surface area contributed by atoms with E-state index >= 15 is 0 Å². The second-order valence-corrected chi connectivity index (χ2v) is 4.39. The van der Waals surface area contributed by atoms with Gasteiger partial charge in [-0.2, -0.15) is 0 Å². The van der Waals surface area contributed by atoms with Crippen molar-refractivity contribution in [3.8, 4) is 0 Å². The summed E-state index contributed by atoms with van der Waals surface area (Å²) in [4.78, 5) is 18.1. The summed E-state index contributed by atoms with van der Waals surface area (Å²) in [7, 11) is 0. The smallest absolute Gasteiger partial charge is 0.256 e. The molecule has 2 heterocycles. The number of carbonyl (C=O) groups is 1. The summed E-state index contributed by atoms with van der Waals surface area (Å²) in [5.41, 5.74) is 9.15. The van der Waals surface area contributed by atoms with Crippen molar-refractivity contribution in [1.29, 1.82) is 0 Å². The van der Waals surface area contributed by atoms with Crippen LogP contribution in [0.5, 0.6) is 0 Å². The van der Waals surface area contributed by atoms with Gasteiger partial charge in [0.2, 0.25) is 0 Å². The van der Waals surface area contributed by atoms with Crippen LogP contribution in [0.4, 0.5) is 5.69 Å². The first-order chi connectivity index (χ1) is 8.75. The predicted octanol–water partition coefficient (Wildman–Crippen LogP) is 1.82. The Balaban J connectivity index is 1.87. The third-order valence-electron chi connectivity index (χ3n) is 3.21. The number of anilines is 1. The van der Waals surface area contributed by atoms with Crippen molar-refractivity contribution in [3.05, 3.63) is 59.4 Å². The molecule has 0 spiro atoms. The van der Waals surface area contributed by atoms with Crippen LogP contribution in [0.2, 0.25) is 0 Å². The van der Waals surface area contributed by atoms with E-state index in [4.69, 9.17) is 5.73 Å². The fourth-order valence-corrected chi connectivity index (χ4v) is 2.25. The Morgan fingerprint density at radius 1 is 1.17 bits per heavy atom. The molecule has 1 amide bonds. The number of nitrogens with two attached hydrogens (primary N) is 1. The van der Waals surface area contributed by atoms with E-state index in [2.05, 4.69) is 17.1 Å². The molecule has 0 saturated heterocycles. The fourth-order valence-electron chi connectivity index (χ4n) is 2.25. The van der Waals surface area contributed by atoms with Gasteiger partial charge in [-0.3, -0.25) is 9.78 Å². The molecule has 0 saturated carbocycles. The van der Waals surface area contributed by atoms with Gasteiger partial charge in [-0.15, -0.1) is 0 Å². The Kier molecular flexibility index (Phi) is 2.48. The zero-order valence-electron chi connectivity index (χ0n) is 9.84. The number of benzene rings is 1. The van der Waals surface area contributed by atoms with Crippen molar-refractivity contribution >= 4 is 11.6 Å². The van der Waals surface area contributed by atoms with Crippen molar-refractivity contribution in [2.24, 2.45) is 0 Å². The van der Waals surface area contributed by atoms with Gasteiger partial charge in [0.05, 0.1) is 17.4 Å². The molecule has 1 aromatic heterocycles. The lowest BCUT2D eigenvalue weighted by molar-refractivity contribution is 0.0752. The van der Waals surface area contributed by atoms with E-state index in [-0.39, 0.29) is 5.91 Å². The summed E-state index contributed by atoms with van der Waals surface area (Å²) in [5.74, 6) is -0.0360. The predicted molar refractivity (Wildman–Crippen MR) is 68.7 cm³/mol. The van der Waals surface area contributed by atoms with E-state index in [1.807, 2.05) is 12.1 Å². The monoisotopic (exact) mass is 239 g/mol. The molecule has 1 aliphatic heterocycles. The number of hydrogen-bond donors (Lipinski definition) is 1. The van der Waals surface area contributed by atoms with Gasteiger partial charge in [0.15, 0.2) is 0 Å². The second-order valence-electron chi connectivity index (χ2n) is 4.39. The summed E-state index contributed by atoms with van der Waals surface area (Å²) >= 11 is 0. The highest BCUT2D eigenvalue weighted by Gasteiger charge is 2.24. The maximum atomic E-state index is 12.4. The largest absolute Gasteiger partial charge is 0.397 e. The van der Waals surface area contributed by atoms with Crippen LogP contribution < -0.4 is 5.73 Å². The number of aromatic nitrogens is 1. The Morgan fingerprint density at radius 2 is 1.83 bits per heavy atom. The number of pyridine rings is 1. The first-order valence-electron chi connectivity index (χ1n) is 5.81. The molecule has 0 fully saturated rings. The molecule has 18 heavy (non-hydrogen) atoms. The maximum Gasteiger partial charge on any atom is 0.256 e. The molecule has 2 N–H and O–H groups in total. The molecule has 3 rings (SSSR count). The molecular weight excluding hydrogens is 226 g/mol. The summed E-state index contributed by atoms with van der Waals surface area (Å²) in [5, 5.41) is 0. The highest BCUT2D eigenvalue weighted by atomic mass is 16.2. The number of nitrogen functional groups attached to an aromatic ring is 1. The van der Waals surface area contributed by atoms with Gasteiger partial charge in [0, 0.05) is 19.3 Å². The molecule has 2 aromatic rings. The van der Waals surface area contributed by atoms with E-state index in [1.165, 1.54) is 17.3 Å². The van der Waals surface area contributed by atoms with Crippen LogP contribution in [0.1, 0.15) is 21.5 Å². The third-order valence-corrected chi connectivity index (χ3v) is 3.21. The van der Waals surface area contributed by atoms with E-state index in [1.54, 1.807) is 17.2 Å². The quantitative estimate of drug-likeness (QED) is 0.825. The minimum Gasteiger partial charge on any atom is -0.397 e. The van der Waals surface area contributed by atoms with Gasteiger partial charge in [0.1, 0.15) is 0 Å². The molecule has 1 aliphatic rings. The Labute approximate surface area is 105 Å². The molecule has 0 radical (unpaired) electrons. The Bertz CT molecular complexity index is 584.